The molecule has 2 rings (SSSR count). The number of piperidine rings is 1. The minimum Gasteiger partial charge on any atom is -0.330 e. The molecule has 0 unspecified atom stereocenters. The molecule has 2 N–H and O–H groups in total. The van der Waals surface area contributed by atoms with Crippen LogP contribution in [0.25, 0.3) is 0 Å². The number of carbonyl (C=O) groups is 1. The van der Waals surface area contributed by atoms with Crippen LogP contribution in [0.15, 0.2) is 30.3 Å². The van der Waals surface area contributed by atoms with Gasteiger partial charge in [-0.2, -0.15) is 5.26 Å². The van der Waals surface area contributed by atoms with Gasteiger partial charge in [0, 0.05) is 5.69 Å². The lowest BCUT2D eigenvalue weighted by molar-refractivity contribution is -0.119. The average molecular weight is 286 g/mol. The van der Waals surface area contributed by atoms with Crippen LogP contribution in [0.2, 0.25) is 0 Å². The Hall–Kier alpha value is -1.90. The van der Waals surface area contributed by atoms with E-state index in [0.29, 0.717) is 12.5 Å². The number of nitrogens with two attached hydrogens (primary N) is 1. The minimum atomic E-state index is -0.0195. The fourth-order valence-corrected chi connectivity index (χ4v) is 2.66. The SMILES string of the molecule is N#CCN(C(=O)CN1CCC(CN)CC1)c1ccccc1. The van der Waals surface area contributed by atoms with Gasteiger partial charge in [0.25, 0.3) is 0 Å². The number of nitrogens with zero attached hydrogens (tertiary/aromatic N) is 3. The van der Waals surface area contributed by atoms with Crippen molar-refractivity contribution in [3.63, 3.8) is 0 Å². The molecule has 0 saturated carbocycles. The number of benzene rings is 1. The Morgan fingerprint density at radius 1 is 1.33 bits per heavy atom. The van der Waals surface area contributed by atoms with Gasteiger partial charge in [0.05, 0.1) is 12.6 Å². The highest BCUT2D eigenvalue weighted by Crippen LogP contribution is 2.17. The van der Waals surface area contributed by atoms with Crippen LogP contribution in [0.4, 0.5) is 5.69 Å². The molecular weight excluding hydrogens is 264 g/mol. The van der Waals surface area contributed by atoms with Gasteiger partial charge >= 0.3 is 0 Å². The Morgan fingerprint density at radius 2 is 2.00 bits per heavy atom. The summed E-state index contributed by atoms with van der Waals surface area (Å²) in [5.74, 6) is 0.564. The molecule has 1 aliphatic heterocycles. The number of hydrogen-bond acceptors (Lipinski definition) is 4. The van der Waals surface area contributed by atoms with Gasteiger partial charge in [-0.15, -0.1) is 0 Å². The van der Waals surface area contributed by atoms with Gasteiger partial charge in [0.2, 0.25) is 5.91 Å². The quantitative estimate of drug-likeness (QED) is 0.826. The van der Waals surface area contributed by atoms with Crippen molar-refractivity contribution in [1.29, 1.82) is 5.26 Å². The molecule has 1 aliphatic rings. The predicted molar refractivity (Wildman–Crippen MR) is 82.6 cm³/mol. The van der Waals surface area contributed by atoms with Gasteiger partial charge in [-0.25, -0.2) is 0 Å². The first kappa shape index (κ1) is 15.5. The van der Waals surface area contributed by atoms with E-state index in [0.717, 1.165) is 38.2 Å². The number of likely N-dealkylation sites (tertiary alicyclic amines) is 1. The van der Waals surface area contributed by atoms with Gasteiger partial charge in [-0.3, -0.25) is 14.6 Å². The zero-order valence-corrected chi connectivity index (χ0v) is 12.2. The summed E-state index contributed by atoms with van der Waals surface area (Å²) in [6, 6.07) is 11.4. The first-order chi connectivity index (χ1) is 10.2. The molecule has 0 spiro atoms. The van der Waals surface area contributed by atoms with Crippen molar-refractivity contribution in [2.75, 3.05) is 37.6 Å². The Balaban J connectivity index is 1.95. The molecule has 0 aliphatic carbocycles. The molecule has 1 aromatic rings. The van der Waals surface area contributed by atoms with E-state index in [1.165, 1.54) is 0 Å². The van der Waals surface area contributed by atoms with Gasteiger partial charge < -0.3 is 5.73 Å². The van der Waals surface area contributed by atoms with Crippen LogP contribution in [0, 0.1) is 17.2 Å². The van der Waals surface area contributed by atoms with Gasteiger partial charge in [-0.05, 0) is 50.5 Å². The highest BCUT2D eigenvalue weighted by molar-refractivity contribution is 5.95. The third-order valence-electron chi connectivity index (χ3n) is 4.00. The van der Waals surface area contributed by atoms with Crippen LogP contribution in [0.5, 0.6) is 0 Å². The largest absolute Gasteiger partial charge is 0.330 e. The van der Waals surface area contributed by atoms with Crippen LogP contribution in [-0.4, -0.2) is 43.5 Å². The van der Waals surface area contributed by atoms with E-state index in [-0.39, 0.29) is 12.5 Å². The van der Waals surface area contributed by atoms with Crippen LogP contribution < -0.4 is 10.6 Å². The van der Waals surface area contributed by atoms with Crippen molar-refractivity contribution in [2.24, 2.45) is 11.7 Å². The van der Waals surface area contributed by atoms with Crippen molar-refractivity contribution < 1.29 is 4.79 Å². The molecular formula is C16H22N4O. The zero-order chi connectivity index (χ0) is 15.1. The monoisotopic (exact) mass is 286 g/mol. The van der Waals surface area contributed by atoms with Crippen LogP contribution in [0.3, 0.4) is 0 Å². The van der Waals surface area contributed by atoms with E-state index >= 15 is 0 Å². The molecule has 0 radical (unpaired) electrons. The van der Waals surface area contributed by atoms with Crippen LogP contribution >= 0.6 is 0 Å². The minimum absolute atomic E-state index is 0.0195. The van der Waals surface area contributed by atoms with E-state index in [9.17, 15) is 4.79 Å². The Morgan fingerprint density at radius 3 is 2.57 bits per heavy atom. The van der Waals surface area contributed by atoms with E-state index in [1.54, 1.807) is 4.90 Å². The number of carbonyl (C=O) groups excluding carboxylic acids is 1. The molecule has 1 saturated heterocycles. The van der Waals surface area contributed by atoms with E-state index < -0.39 is 0 Å². The molecule has 1 fully saturated rings. The van der Waals surface area contributed by atoms with Crippen molar-refractivity contribution in [3.8, 4) is 6.07 Å². The Bertz CT molecular complexity index is 489. The number of para-hydroxylation sites is 1. The Labute approximate surface area is 125 Å². The highest BCUT2D eigenvalue weighted by atomic mass is 16.2. The third kappa shape index (κ3) is 4.28. The molecule has 21 heavy (non-hydrogen) atoms. The second kappa shape index (κ2) is 7.77. The highest BCUT2D eigenvalue weighted by Gasteiger charge is 2.22. The maximum Gasteiger partial charge on any atom is 0.242 e. The van der Waals surface area contributed by atoms with E-state index in [1.807, 2.05) is 30.3 Å². The maximum atomic E-state index is 12.5. The normalized spacial score (nSPS) is 16.4. The summed E-state index contributed by atoms with van der Waals surface area (Å²) < 4.78 is 0. The molecule has 0 aromatic heterocycles. The zero-order valence-electron chi connectivity index (χ0n) is 12.2. The van der Waals surface area contributed by atoms with Crippen molar-refractivity contribution in [3.05, 3.63) is 30.3 Å². The molecule has 1 heterocycles. The summed E-state index contributed by atoms with van der Waals surface area (Å²) in [6.45, 7) is 2.99. The smallest absolute Gasteiger partial charge is 0.242 e. The molecule has 112 valence electrons. The number of rotatable bonds is 5. The summed E-state index contributed by atoms with van der Waals surface area (Å²) in [4.78, 5) is 16.2. The second-order valence-corrected chi connectivity index (χ2v) is 5.43. The molecule has 5 heteroatoms. The first-order valence-corrected chi connectivity index (χ1v) is 7.39. The molecule has 5 nitrogen and oxygen atoms in total. The van der Waals surface area contributed by atoms with Crippen molar-refractivity contribution >= 4 is 11.6 Å². The summed E-state index contributed by atoms with van der Waals surface area (Å²) in [5.41, 5.74) is 6.46. The number of anilines is 1. The standard InChI is InChI=1S/C16H22N4O/c17-8-11-20(15-4-2-1-3-5-15)16(21)13-19-9-6-14(12-18)7-10-19/h1-5,14H,6-7,9-13,18H2. The van der Waals surface area contributed by atoms with Gasteiger partial charge in [0.15, 0.2) is 0 Å². The summed E-state index contributed by atoms with van der Waals surface area (Å²) in [6.07, 6.45) is 2.10. The van der Waals surface area contributed by atoms with Gasteiger partial charge in [0.1, 0.15) is 6.54 Å². The van der Waals surface area contributed by atoms with Crippen molar-refractivity contribution in [1.82, 2.24) is 4.90 Å². The van der Waals surface area contributed by atoms with Crippen LogP contribution in [-0.2, 0) is 4.79 Å². The van der Waals surface area contributed by atoms with Crippen LogP contribution in [0.1, 0.15) is 12.8 Å². The first-order valence-electron chi connectivity index (χ1n) is 7.39. The summed E-state index contributed by atoms with van der Waals surface area (Å²) in [7, 11) is 0. The lowest BCUT2D eigenvalue weighted by Crippen LogP contribution is -2.44. The summed E-state index contributed by atoms with van der Waals surface area (Å²) >= 11 is 0. The third-order valence-corrected chi connectivity index (χ3v) is 4.00. The van der Waals surface area contributed by atoms with E-state index in [4.69, 9.17) is 11.0 Å². The lowest BCUT2D eigenvalue weighted by atomic mass is 9.97. The molecule has 1 amide bonds. The average Bonchev–Trinajstić information content (AvgIpc) is 2.54. The maximum absolute atomic E-state index is 12.5. The van der Waals surface area contributed by atoms with E-state index in [2.05, 4.69) is 11.0 Å². The fourth-order valence-electron chi connectivity index (χ4n) is 2.66. The molecule has 0 bridgehead atoms. The number of amides is 1. The predicted octanol–water partition coefficient (Wildman–Crippen LogP) is 1.21. The van der Waals surface area contributed by atoms with Crippen molar-refractivity contribution in [2.45, 2.75) is 12.8 Å². The summed E-state index contributed by atoms with van der Waals surface area (Å²) in [5, 5.41) is 8.95. The fraction of sp³-hybridized carbons (Fsp3) is 0.500. The number of nitriles is 1. The Kier molecular flexibility index (Phi) is 5.73. The number of hydrogen-bond donors (Lipinski definition) is 1. The van der Waals surface area contributed by atoms with Gasteiger partial charge in [-0.1, -0.05) is 18.2 Å². The second-order valence-electron chi connectivity index (χ2n) is 5.43. The topological polar surface area (TPSA) is 73.4 Å². The lowest BCUT2D eigenvalue weighted by Gasteiger charge is -2.32. The molecule has 1 aromatic carbocycles. The molecule has 0 atom stereocenters.